The molecule has 2 fully saturated rings. The number of rotatable bonds is 4. The van der Waals surface area contributed by atoms with Gasteiger partial charge in [0.2, 0.25) is 11.8 Å². The van der Waals surface area contributed by atoms with E-state index >= 15 is 0 Å². The first-order chi connectivity index (χ1) is 11.6. The molecule has 24 heavy (non-hydrogen) atoms. The van der Waals surface area contributed by atoms with Crippen LogP contribution in [0.25, 0.3) is 0 Å². The van der Waals surface area contributed by atoms with E-state index in [4.69, 9.17) is 4.74 Å². The zero-order chi connectivity index (χ0) is 17.1. The molecule has 0 N–H and O–H groups in total. The topological polar surface area (TPSA) is 53.1 Å². The molecule has 0 saturated carbocycles. The summed E-state index contributed by atoms with van der Waals surface area (Å²) in [6.45, 7) is 6.11. The Balaban J connectivity index is 1.60. The minimum atomic E-state index is -0.176. The molecule has 6 nitrogen and oxygen atoms in total. The second-order valence-corrected chi connectivity index (χ2v) is 6.39. The van der Waals surface area contributed by atoms with Crippen LogP contribution < -0.4 is 9.64 Å². The Labute approximate surface area is 143 Å². The molecule has 0 unspecified atom stereocenters. The highest BCUT2D eigenvalue weighted by molar-refractivity contribution is 5.89. The van der Waals surface area contributed by atoms with Crippen molar-refractivity contribution in [2.75, 3.05) is 51.3 Å². The summed E-state index contributed by atoms with van der Waals surface area (Å²) in [7, 11) is 1.76. The van der Waals surface area contributed by atoms with Gasteiger partial charge in [0.15, 0.2) is 0 Å². The summed E-state index contributed by atoms with van der Waals surface area (Å²) in [6, 6.07) is 8.03. The van der Waals surface area contributed by atoms with Crippen LogP contribution in [0.2, 0.25) is 0 Å². The summed E-state index contributed by atoms with van der Waals surface area (Å²) in [5.74, 6) is 0.899. The van der Waals surface area contributed by atoms with Crippen molar-refractivity contribution in [3.8, 4) is 5.75 Å². The predicted molar refractivity (Wildman–Crippen MR) is 92.1 cm³/mol. The lowest BCUT2D eigenvalue weighted by Gasteiger charge is -2.37. The second kappa shape index (κ2) is 7.11. The minimum Gasteiger partial charge on any atom is -0.492 e. The molecule has 2 aliphatic rings. The number of likely N-dealkylation sites (tertiary alicyclic amines) is 1. The maximum Gasteiger partial charge on any atom is 0.228 e. The van der Waals surface area contributed by atoms with Gasteiger partial charge >= 0.3 is 0 Å². The predicted octanol–water partition coefficient (Wildman–Crippen LogP) is 1.21. The van der Waals surface area contributed by atoms with Gasteiger partial charge in [0.05, 0.1) is 18.2 Å². The summed E-state index contributed by atoms with van der Waals surface area (Å²) < 4.78 is 5.70. The highest BCUT2D eigenvalue weighted by Gasteiger charge is 2.35. The van der Waals surface area contributed by atoms with E-state index in [1.165, 1.54) is 0 Å². The van der Waals surface area contributed by atoms with Crippen molar-refractivity contribution in [2.24, 2.45) is 5.92 Å². The van der Waals surface area contributed by atoms with Crippen molar-refractivity contribution in [3.63, 3.8) is 0 Å². The summed E-state index contributed by atoms with van der Waals surface area (Å²) in [6.07, 6.45) is 0.350. The van der Waals surface area contributed by atoms with Gasteiger partial charge in [-0.2, -0.15) is 0 Å². The molecule has 1 aromatic carbocycles. The lowest BCUT2D eigenvalue weighted by Crippen LogP contribution is -2.50. The standard InChI is InChI=1S/C18H25N3O3/c1-3-24-16-7-5-4-6-15(16)20-8-10-21(11-9-20)18(23)14-12-17(22)19(2)13-14/h4-7,14H,3,8-13H2,1-2H3/t14-/m1/s1. The van der Waals surface area contributed by atoms with Crippen LogP contribution in [0.3, 0.4) is 0 Å². The molecule has 130 valence electrons. The third kappa shape index (κ3) is 3.32. The van der Waals surface area contributed by atoms with Gasteiger partial charge in [-0.25, -0.2) is 0 Å². The van der Waals surface area contributed by atoms with Crippen molar-refractivity contribution >= 4 is 17.5 Å². The van der Waals surface area contributed by atoms with Crippen LogP contribution in [0, 0.1) is 5.92 Å². The maximum atomic E-state index is 12.6. The zero-order valence-corrected chi connectivity index (χ0v) is 14.4. The number of nitrogens with zero attached hydrogens (tertiary/aromatic N) is 3. The van der Waals surface area contributed by atoms with Crippen LogP contribution in [0.1, 0.15) is 13.3 Å². The quantitative estimate of drug-likeness (QED) is 0.832. The fraction of sp³-hybridized carbons (Fsp3) is 0.556. The van der Waals surface area contributed by atoms with Crippen molar-refractivity contribution in [3.05, 3.63) is 24.3 Å². The monoisotopic (exact) mass is 331 g/mol. The molecule has 1 atom stereocenters. The lowest BCUT2D eigenvalue weighted by atomic mass is 10.1. The first-order valence-electron chi connectivity index (χ1n) is 8.59. The molecular formula is C18H25N3O3. The van der Waals surface area contributed by atoms with E-state index in [9.17, 15) is 9.59 Å². The van der Waals surface area contributed by atoms with Gasteiger partial charge in [0.1, 0.15) is 5.75 Å². The molecular weight excluding hydrogens is 306 g/mol. The van der Waals surface area contributed by atoms with E-state index in [1.807, 2.05) is 30.0 Å². The molecule has 2 amide bonds. The van der Waals surface area contributed by atoms with E-state index in [0.717, 1.165) is 24.5 Å². The van der Waals surface area contributed by atoms with E-state index in [-0.39, 0.29) is 17.7 Å². The molecule has 0 aliphatic carbocycles. The van der Waals surface area contributed by atoms with E-state index in [2.05, 4.69) is 11.0 Å². The van der Waals surface area contributed by atoms with Crippen LogP contribution in [-0.2, 0) is 9.59 Å². The average molecular weight is 331 g/mol. The number of anilines is 1. The Bertz CT molecular complexity index is 611. The molecule has 1 aromatic rings. The van der Waals surface area contributed by atoms with Crippen LogP contribution in [0.15, 0.2) is 24.3 Å². The van der Waals surface area contributed by atoms with Crippen LogP contribution >= 0.6 is 0 Å². The van der Waals surface area contributed by atoms with Crippen LogP contribution in [-0.4, -0.2) is 68.0 Å². The third-order valence-corrected chi connectivity index (χ3v) is 4.79. The number of amides is 2. The molecule has 0 spiro atoms. The van der Waals surface area contributed by atoms with Gasteiger partial charge in [0.25, 0.3) is 0 Å². The SMILES string of the molecule is CCOc1ccccc1N1CCN(C(=O)[C@@H]2CC(=O)N(C)C2)CC1. The van der Waals surface area contributed by atoms with Crippen LogP contribution in [0.4, 0.5) is 5.69 Å². The van der Waals surface area contributed by atoms with Gasteiger partial charge in [0, 0.05) is 46.2 Å². The third-order valence-electron chi connectivity index (χ3n) is 4.79. The largest absolute Gasteiger partial charge is 0.492 e. The summed E-state index contributed by atoms with van der Waals surface area (Å²) in [5, 5.41) is 0. The number of piperazine rings is 1. The van der Waals surface area contributed by atoms with E-state index < -0.39 is 0 Å². The smallest absolute Gasteiger partial charge is 0.228 e. The Kier molecular flexibility index (Phi) is 4.92. The average Bonchev–Trinajstić information content (AvgIpc) is 2.94. The van der Waals surface area contributed by atoms with Crippen LogP contribution in [0.5, 0.6) is 5.75 Å². The van der Waals surface area contributed by atoms with Gasteiger partial charge in [-0.05, 0) is 19.1 Å². The normalized spacial score (nSPS) is 21.3. The first kappa shape index (κ1) is 16.6. The molecule has 0 radical (unpaired) electrons. The minimum absolute atomic E-state index is 0.0672. The molecule has 6 heteroatoms. The second-order valence-electron chi connectivity index (χ2n) is 6.39. The summed E-state index contributed by atoms with van der Waals surface area (Å²) >= 11 is 0. The Morgan fingerprint density at radius 1 is 1.21 bits per heavy atom. The Morgan fingerprint density at radius 3 is 2.54 bits per heavy atom. The van der Waals surface area contributed by atoms with Crippen molar-refractivity contribution in [2.45, 2.75) is 13.3 Å². The molecule has 2 heterocycles. The molecule has 0 bridgehead atoms. The Hall–Kier alpha value is -2.24. The molecule has 0 aromatic heterocycles. The molecule has 3 rings (SSSR count). The van der Waals surface area contributed by atoms with Crippen molar-refractivity contribution < 1.29 is 14.3 Å². The van der Waals surface area contributed by atoms with Crippen molar-refractivity contribution in [1.29, 1.82) is 0 Å². The molecule has 2 saturated heterocycles. The van der Waals surface area contributed by atoms with E-state index in [1.54, 1.807) is 11.9 Å². The number of carbonyl (C=O) groups is 2. The summed E-state index contributed by atoms with van der Waals surface area (Å²) in [5.41, 5.74) is 1.09. The van der Waals surface area contributed by atoms with Gasteiger partial charge in [-0.15, -0.1) is 0 Å². The number of para-hydroxylation sites is 2. The lowest BCUT2D eigenvalue weighted by molar-refractivity contribution is -0.136. The van der Waals surface area contributed by atoms with E-state index in [0.29, 0.717) is 32.7 Å². The van der Waals surface area contributed by atoms with Gasteiger partial charge in [-0.1, -0.05) is 12.1 Å². The number of benzene rings is 1. The highest BCUT2D eigenvalue weighted by atomic mass is 16.5. The van der Waals surface area contributed by atoms with Gasteiger partial charge in [-0.3, -0.25) is 9.59 Å². The highest BCUT2D eigenvalue weighted by Crippen LogP contribution is 2.29. The number of carbonyl (C=O) groups excluding carboxylic acids is 2. The van der Waals surface area contributed by atoms with Gasteiger partial charge < -0.3 is 19.4 Å². The fourth-order valence-electron chi connectivity index (χ4n) is 3.45. The van der Waals surface area contributed by atoms with Crippen molar-refractivity contribution in [1.82, 2.24) is 9.80 Å². The maximum absolute atomic E-state index is 12.6. The fourth-order valence-corrected chi connectivity index (χ4v) is 3.45. The first-order valence-corrected chi connectivity index (χ1v) is 8.59. The zero-order valence-electron chi connectivity index (χ0n) is 14.4. The number of hydrogen-bond donors (Lipinski definition) is 0. The number of hydrogen-bond acceptors (Lipinski definition) is 4. The molecule has 2 aliphatic heterocycles. The summed E-state index contributed by atoms with van der Waals surface area (Å²) in [4.78, 5) is 30.1. The Morgan fingerprint density at radius 2 is 1.92 bits per heavy atom. The number of ether oxygens (including phenoxy) is 1.